The van der Waals surface area contributed by atoms with Gasteiger partial charge in [0.2, 0.25) is 12.1 Å². The van der Waals surface area contributed by atoms with E-state index in [0.717, 1.165) is 66.5 Å². The lowest BCUT2D eigenvalue weighted by Gasteiger charge is -2.22. The molecule has 0 spiro atoms. The van der Waals surface area contributed by atoms with Gasteiger partial charge in [0.1, 0.15) is 11.6 Å². The van der Waals surface area contributed by atoms with E-state index in [1.807, 2.05) is 36.4 Å². The molecule has 3 atom stereocenters. The van der Waals surface area contributed by atoms with E-state index in [0.29, 0.717) is 25.3 Å². The highest BCUT2D eigenvalue weighted by Crippen LogP contribution is 2.44. The van der Waals surface area contributed by atoms with Crippen molar-refractivity contribution in [3.63, 3.8) is 0 Å². The van der Waals surface area contributed by atoms with Crippen LogP contribution in [0.1, 0.15) is 70.9 Å². The molecule has 1 fully saturated rings. The van der Waals surface area contributed by atoms with Gasteiger partial charge in [-0.1, -0.05) is 104 Å². The summed E-state index contributed by atoms with van der Waals surface area (Å²) in [6, 6.07) is 14.6. The number of allylic oxidation sites excluding steroid dienone is 10. The Balaban J connectivity index is 1.17. The summed E-state index contributed by atoms with van der Waals surface area (Å²) in [4.78, 5) is 28.3. The average molecular weight is 764 g/mol. The van der Waals surface area contributed by atoms with Crippen molar-refractivity contribution < 1.29 is 27.4 Å². The van der Waals surface area contributed by atoms with Crippen LogP contribution < -0.4 is 26.4 Å². The molecule has 0 aliphatic carbocycles. The van der Waals surface area contributed by atoms with Gasteiger partial charge in [0.15, 0.2) is 0 Å². The monoisotopic (exact) mass is 763 g/mol. The van der Waals surface area contributed by atoms with E-state index in [4.69, 9.17) is 19.5 Å². The number of alkyl halides is 2. The molecule has 1 aromatic heterocycles. The Bertz CT molecular complexity index is 1810. The Kier molecular flexibility index (Phi) is 18.3. The minimum absolute atomic E-state index is 0.0654. The van der Waals surface area contributed by atoms with Crippen LogP contribution in [0.25, 0.3) is 10.8 Å². The normalized spacial score (nSPS) is 17.9. The number of hydrogen-bond donors (Lipinski definition) is 3. The van der Waals surface area contributed by atoms with E-state index in [-0.39, 0.29) is 18.3 Å². The van der Waals surface area contributed by atoms with Crippen LogP contribution >= 0.6 is 8.53 Å². The van der Waals surface area contributed by atoms with Crippen molar-refractivity contribution in [1.29, 1.82) is 0 Å². The second kappa shape index (κ2) is 23.3. The van der Waals surface area contributed by atoms with Gasteiger partial charge in [0.05, 0.1) is 12.7 Å². The van der Waals surface area contributed by atoms with Crippen LogP contribution in [0.3, 0.4) is 0 Å². The molecule has 2 heterocycles. The summed E-state index contributed by atoms with van der Waals surface area (Å²) in [6.45, 7) is 2.54. The number of nitrogen functional groups attached to an aromatic ring is 1. The third kappa shape index (κ3) is 14.7. The van der Waals surface area contributed by atoms with Crippen molar-refractivity contribution >= 4 is 31.0 Å². The van der Waals surface area contributed by atoms with Crippen molar-refractivity contribution in [3.05, 3.63) is 126 Å². The molecule has 1 amide bonds. The number of unbranched alkanes of at least 4 members (excludes halogenated alkanes) is 1. The van der Waals surface area contributed by atoms with Crippen LogP contribution in [0.4, 0.5) is 14.6 Å². The second-order valence-electron chi connectivity index (χ2n) is 12.6. The average Bonchev–Trinajstić information content (AvgIpc) is 3.46. The molecule has 1 aliphatic heterocycles. The fraction of sp³-hybridized carbons (Fsp3) is 0.390. The smallest absolute Gasteiger partial charge is 0.351 e. The number of nitrogens with two attached hydrogens (primary N) is 1. The SMILES string of the molecule is CC/C=C\C/C=C\C/C=C\C/C=C\C/C=C\CCCC(=O)NCCNP(OCC1CC(F)(F)C(n2ccc(N)nc2=O)O1)Oc1cccc2ccccc12. The first-order valence-electron chi connectivity index (χ1n) is 18.5. The molecule has 13 heteroatoms. The first-order valence-corrected chi connectivity index (χ1v) is 19.7. The first kappa shape index (κ1) is 42.3. The number of rotatable bonds is 23. The summed E-state index contributed by atoms with van der Waals surface area (Å²) in [5.74, 6) is -2.93. The maximum absolute atomic E-state index is 15.0. The molecule has 1 saturated heterocycles. The molecule has 0 bridgehead atoms. The number of benzene rings is 2. The molecular weight excluding hydrogens is 711 g/mol. The fourth-order valence-corrected chi connectivity index (χ4v) is 6.65. The number of amides is 1. The quantitative estimate of drug-likeness (QED) is 0.0497. The lowest BCUT2D eigenvalue weighted by atomic mass is 10.1. The molecule has 4 rings (SSSR count). The maximum Gasteiger partial charge on any atom is 0.351 e. The summed E-state index contributed by atoms with van der Waals surface area (Å²) >= 11 is 0. The van der Waals surface area contributed by atoms with Gasteiger partial charge in [0.25, 0.3) is 5.92 Å². The number of halogens is 2. The number of anilines is 1. The number of hydrogen-bond acceptors (Lipinski definition) is 8. The van der Waals surface area contributed by atoms with Gasteiger partial charge in [-0.05, 0) is 62.5 Å². The van der Waals surface area contributed by atoms with Gasteiger partial charge in [-0.25, -0.2) is 18.7 Å². The standard InChI is InChI=1S/C41H52F2N5O5P/c1-2-3-4-5-6-7-8-9-10-11-12-13-14-15-16-17-18-26-38(49)45-28-29-46-54(53-36-25-21-23-33-22-19-20-24-35(33)36)51-32-34-31-41(42,43)39(52-34)48-30-27-37(44)47-40(48)50/h3-4,6-7,9-10,12-13,15-16,19-25,27,30,34,39,46H,2,5,8,11,14,17-18,26,28-29,31-32H2,1H3,(H,45,49)(H2,44,47,50)/b4-3-,7-6-,10-9-,13-12-,16-15-. The Morgan fingerprint density at radius 3 is 2.33 bits per heavy atom. The highest BCUT2D eigenvalue weighted by molar-refractivity contribution is 7.45. The van der Waals surface area contributed by atoms with Crippen LogP contribution in [0.2, 0.25) is 0 Å². The summed E-state index contributed by atoms with van der Waals surface area (Å²) in [6.07, 6.45) is 25.9. The number of aromatic nitrogens is 2. The van der Waals surface area contributed by atoms with Crippen molar-refractivity contribution in [2.45, 2.75) is 83.0 Å². The molecule has 4 N–H and O–H groups in total. The lowest BCUT2D eigenvalue weighted by molar-refractivity contribution is -0.121. The fourth-order valence-electron chi connectivity index (χ4n) is 5.51. The molecule has 54 heavy (non-hydrogen) atoms. The minimum Gasteiger partial charge on any atom is -0.435 e. The zero-order valence-electron chi connectivity index (χ0n) is 30.8. The number of carbonyl (C=O) groups excluding carboxylic acids is 1. The zero-order chi connectivity index (χ0) is 38.4. The summed E-state index contributed by atoms with van der Waals surface area (Å²) < 4.78 is 48.5. The summed E-state index contributed by atoms with van der Waals surface area (Å²) in [5, 5.41) is 7.90. The highest BCUT2D eigenvalue weighted by Gasteiger charge is 2.52. The lowest BCUT2D eigenvalue weighted by Crippen LogP contribution is -2.35. The largest absolute Gasteiger partial charge is 0.435 e. The Labute approximate surface area is 317 Å². The number of ether oxygens (including phenoxy) is 1. The number of nitrogens with zero attached hydrogens (tertiary/aromatic N) is 2. The molecule has 1 aliphatic rings. The van der Waals surface area contributed by atoms with Crippen LogP contribution in [0.15, 0.2) is 120 Å². The van der Waals surface area contributed by atoms with Crippen molar-refractivity contribution in [3.8, 4) is 5.75 Å². The summed E-state index contributed by atoms with van der Waals surface area (Å²) in [7, 11) is -1.84. The minimum atomic E-state index is -3.35. The van der Waals surface area contributed by atoms with Gasteiger partial charge in [0, 0.05) is 37.5 Å². The topological polar surface area (TPSA) is 130 Å². The van der Waals surface area contributed by atoms with Crippen LogP contribution in [-0.2, 0) is 14.1 Å². The molecule has 0 radical (unpaired) electrons. The molecule has 290 valence electrons. The van der Waals surface area contributed by atoms with Crippen molar-refractivity contribution in [2.24, 2.45) is 0 Å². The van der Waals surface area contributed by atoms with Gasteiger partial charge in [-0.3, -0.25) is 9.36 Å². The maximum atomic E-state index is 15.0. The molecular formula is C41H52F2N5O5P. The predicted octanol–water partition coefficient (Wildman–Crippen LogP) is 8.85. The van der Waals surface area contributed by atoms with E-state index in [1.165, 1.54) is 6.07 Å². The second-order valence-corrected chi connectivity index (χ2v) is 13.9. The van der Waals surface area contributed by atoms with Gasteiger partial charge >= 0.3 is 14.2 Å². The van der Waals surface area contributed by atoms with E-state index >= 15 is 0 Å². The van der Waals surface area contributed by atoms with Gasteiger partial charge in [-0.15, -0.1) is 0 Å². The van der Waals surface area contributed by atoms with E-state index in [9.17, 15) is 18.4 Å². The Morgan fingerprint density at radius 1 is 0.963 bits per heavy atom. The predicted molar refractivity (Wildman–Crippen MR) is 213 cm³/mol. The van der Waals surface area contributed by atoms with E-state index < -0.39 is 38.9 Å². The number of nitrogens with one attached hydrogen (secondary N) is 2. The first-order chi connectivity index (χ1) is 26.3. The van der Waals surface area contributed by atoms with Crippen LogP contribution in [0.5, 0.6) is 5.75 Å². The van der Waals surface area contributed by atoms with Crippen LogP contribution in [-0.4, -0.2) is 47.2 Å². The van der Waals surface area contributed by atoms with Gasteiger partial charge in [-0.2, -0.15) is 4.98 Å². The molecule has 3 aromatic rings. The third-order valence-corrected chi connectivity index (χ3v) is 9.44. The molecule has 2 aromatic carbocycles. The zero-order valence-corrected chi connectivity index (χ0v) is 31.7. The van der Waals surface area contributed by atoms with E-state index in [2.05, 4.69) is 83.1 Å². The highest BCUT2D eigenvalue weighted by atomic mass is 31.2. The molecule has 10 nitrogen and oxygen atoms in total. The number of fused-ring (bicyclic) bond motifs is 1. The Morgan fingerprint density at radius 2 is 1.63 bits per heavy atom. The van der Waals surface area contributed by atoms with Gasteiger partial charge < -0.3 is 24.8 Å². The third-order valence-electron chi connectivity index (χ3n) is 8.22. The van der Waals surface area contributed by atoms with Crippen molar-refractivity contribution in [2.75, 3.05) is 25.4 Å². The molecule has 0 saturated carbocycles. The summed E-state index contributed by atoms with van der Waals surface area (Å²) in [5.41, 5.74) is 4.59. The Hall–Kier alpha value is -4.48. The number of carbonyl (C=O) groups is 1. The molecule has 3 unspecified atom stereocenters. The van der Waals surface area contributed by atoms with E-state index in [1.54, 1.807) is 6.07 Å². The van der Waals surface area contributed by atoms with Crippen molar-refractivity contribution in [1.82, 2.24) is 20.0 Å². The van der Waals surface area contributed by atoms with Crippen LogP contribution in [0, 0.1) is 0 Å².